The molecule has 2 aromatic carbocycles. The highest BCUT2D eigenvalue weighted by Gasteiger charge is 2.57. The Balaban J connectivity index is 1.62. The molecule has 0 aliphatic carbocycles. The molecule has 6 heteroatoms. The predicted octanol–water partition coefficient (Wildman–Crippen LogP) is 2.47. The summed E-state index contributed by atoms with van der Waals surface area (Å²) in [6.07, 6.45) is -1.12. The van der Waals surface area contributed by atoms with E-state index < -0.39 is 11.7 Å². The van der Waals surface area contributed by atoms with E-state index >= 15 is 0 Å². The molecule has 4 rings (SSSR count). The van der Waals surface area contributed by atoms with E-state index in [0.717, 1.165) is 0 Å². The van der Waals surface area contributed by atoms with Gasteiger partial charge in [0.2, 0.25) is 0 Å². The number of hydrogen-bond donors (Lipinski definition) is 1. The number of anilines is 1. The SMILES string of the molecule is COc1ccc2c(c1)[C@]1(CC(=O)[C@H](CC(=O)c3ccccc3)O1)C(=O)N2. The fourth-order valence-electron chi connectivity index (χ4n) is 3.51. The second kappa shape index (κ2) is 6.07. The first-order valence-electron chi connectivity index (χ1n) is 8.32. The largest absolute Gasteiger partial charge is 0.497 e. The average molecular weight is 351 g/mol. The average Bonchev–Trinajstić information content (AvgIpc) is 3.12. The molecule has 1 N–H and O–H groups in total. The molecule has 0 unspecified atom stereocenters. The minimum atomic E-state index is -1.39. The van der Waals surface area contributed by atoms with Gasteiger partial charge < -0.3 is 14.8 Å². The van der Waals surface area contributed by atoms with E-state index in [9.17, 15) is 14.4 Å². The van der Waals surface area contributed by atoms with E-state index in [1.165, 1.54) is 7.11 Å². The zero-order valence-corrected chi connectivity index (χ0v) is 14.2. The van der Waals surface area contributed by atoms with Crippen molar-refractivity contribution in [3.05, 3.63) is 59.7 Å². The Hall–Kier alpha value is -2.99. The molecule has 2 atom stereocenters. The third-order valence-electron chi connectivity index (χ3n) is 4.87. The van der Waals surface area contributed by atoms with E-state index in [0.29, 0.717) is 22.6 Å². The van der Waals surface area contributed by atoms with Crippen molar-refractivity contribution in [3.8, 4) is 5.75 Å². The summed E-state index contributed by atoms with van der Waals surface area (Å²) in [4.78, 5) is 37.5. The van der Waals surface area contributed by atoms with Gasteiger partial charge in [0.25, 0.3) is 5.91 Å². The smallest absolute Gasteiger partial charge is 0.261 e. The number of fused-ring (bicyclic) bond motifs is 2. The summed E-state index contributed by atoms with van der Waals surface area (Å²) in [5.41, 5.74) is 0.300. The predicted molar refractivity (Wildman–Crippen MR) is 93.2 cm³/mol. The third kappa shape index (κ3) is 2.50. The van der Waals surface area contributed by atoms with Gasteiger partial charge in [-0.1, -0.05) is 30.3 Å². The summed E-state index contributed by atoms with van der Waals surface area (Å²) in [6, 6.07) is 13.9. The van der Waals surface area contributed by atoms with Crippen molar-refractivity contribution in [1.29, 1.82) is 0 Å². The molecule has 0 radical (unpaired) electrons. The molecule has 0 aromatic heterocycles. The van der Waals surface area contributed by atoms with Gasteiger partial charge in [-0.05, 0) is 18.2 Å². The Kier molecular flexibility index (Phi) is 3.85. The van der Waals surface area contributed by atoms with Gasteiger partial charge in [0.15, 0.2) is 17.2 Å². The van der Waals surface area contributed by atoms with Crippen LogP contribution in [-0.2, 0) is 19.9 Å². The second-order valence-electron chi connectivity index (χ2n) is 6.44. The van der Waals surface area contributed by atoms with Gasteiger partial charge in [-0.2, -0.15) is 0 Å². The second-order valence-corrected chi connectivity index (χ2v) is 6.44. The zero-order valence-electron chi connectivity index (χ0n) is 14.2. The van der Waals surface area contributed by atoms with E-state index in [1.807, 2.05) is 6.07 Å². The topological polar surface area (TPSA) is 81.7 Å². The highest BCUT2D eigenvalue weighted by Crippen LogP contribution is 2.47. The molecular weight excluding hydrogens is 334 g/mol. The van der Waals surface area contributed by atoms with Crippen LogP contribution in [0.2, 0.25) is 0 Å². The zero-order chi connectivity index (χ0) is 18.3. The lowest BCUT2D eigenvalue weighted by Crippen LogP contribution is -2.34. The lowest BCUT2D eigenvalue weighted by Gasteiger charge is -2.21. The van der Waals surface area contributed by atoms with Crippen molar-refractivity contribution in [2.45, 2.75) is 24.5 Å². The summed E-state index contributed by atoms with van der Waals surface area (Å²) in [5, 5.41) is 2.75. The van der Waals surface area contributed by atoms with Crippen LogP contribution in [0.5, 0.6) is 5.75 Å². The molecule has 1 amide bonds. The van der Waals surface area contributed by atoms with Crippen LogP contribution in [0.15, 0.2) is 48.5 Å². The van der Waals surface area contributed by atoms with Crippen LogP contribution in [0.25, 0.3) is 0 Å². The standard InChI is InChI=1S/C20H17NO5/c1-25-13-7-8-15-14(9-13)20(19(24)21-15)11-17(23)18(26-20)10-16(22)12-5-3-2-4-6-12/h2-9,18H,10-11H2,1H3,(H,21,24)/t18-,20+/m0/s1. The summed E-state index contributed by atoms with van der Waals surface area (Å²) in [7, 11) is 1.53. The number of hydrogen-bond acceptors (Lipinski definition) is 5. The molecule has 2 aliphatic heterocycles. The van der Waals surface area contributed by atoms with Crippen molar-refractivity contribution < 1.29 is 23.9 Å². The van der Waals surface area contributed by atoms with Gasteiger partial charge in [-0.3, -0.25) is 14.4 Å². The fraction of sp³-hybridized carbons (Fsp3) is 0.250. The maximum absolute atomic E-state index is 12.6. The van der Waals surface area contributed by atoms with Gasteiger partial charge >= 0.3 is 0 Å². The Labute approximate surface area is 150 Å². The van der Waals surface area contributed by atoms with Crippen LogP contribution in [0.1, 0.15) is 28.8 Å². The fourth-order valence-corrected chi connectivity index (χ4v) is 3.51. The maximum atomic E-state index is 12.6. The van der Waals surface area contributed by atoms with Crippen LogP contribution in [0.4, 0.5) is 5.69 Å². The number of carbonyl (C=O) groups excluding carboxylic acids is 3. The van der Waals surface area contributed by atoms with E-state index in [-0.39, 0.29) is 30.3 Å². The highest BCUT2D eigenvalue weighted by atomic mass is 16.5. The highest BCUT2D eigenvalue weighted by molar-refractivity contribution is 6.10. The number of Topliss-reactive ketones (excluding diaryl/α,β-unsaturated/α-hetero) is 2. The Morgan fingerprint density at radius 1 is 1.23 bits per heavy atom. The summed E-state index contributed by atoms with van der Waals surface area (Å²) in [6.45, 7) is 0. The van der Waals surface area contributed by atoms with Crippen LogP contribution in [0.3, 0.4) is 0 Å². The van der Waals surface area contributed by atoms with E-state index in [4.69, 9.17) is 9.47 Å². The van der Waals surface area contributed by atoms with Gasteiger partial charge in [-0.15, -0.1) is 0 Å². The van der Waals surface area contributed by atoms with Crippen molar-refractivity contribution >= 4 is 23.2 Å². The van der Waals surface area contributed by atoms with Gasteiger partial charge in [0, 0.05) is 23.2 Å². The van der Waals surface area contributed by atoms with Crippen LogP contribution >= 0.6 is 0 Å². The third-order valence-corrected chi connectivity index (χ3v) is 4.87. The van der Waals surface area contributed by atoms with Crippen LogP contribution < -0.4 is 10.1 Å². The summed E-state index contributed by atoms with van der Waals surface area (Å²) in [5.74, 6) is -0.256. The Morgan fingerprint density at radius 2 is 2.00 bits per heavy atom. The van der Waals surface area contributed by atoms with Gasteiger partial charge in [-0.25, -0.2) is 0 Å². The Bertz CT molecular complexity index is 908. The number of ether oxygens (including phenoxy) is 2. The van der Waals surface area contributed by atoms with Crippen molar-refractivity contribution in [1.82, 2.24) is 0 Å². The van der Waals surface area contributed by atoms with E-state index in [1.54, 1.807) is 42.5 Å². The van der Waals surface area contributed by atoms with Crippen molar-refractivity contribution in [2.24, 2.45) is 0 Å². The number of amides is 1. The summed E-state index contributed by atoms with van der Waals surface area (Å²) < 4.78 is 11.1. The molecule has 0 saturated carbocycles. The normalized spacial score (nSPS) is 23.8. The number of benzene rings is 2. The molecule has 1 fully saturated rings. The molecule has 2 heterocycles. The van der Waals surface area contributed by atoms with Crippen LogP contribution in [0, 0.1) is 0 Å². The number of methoxy groups -OCH3 is 1. The molecule has 1 spiro atoms. The van der Waals surface area contributed by atoms with Crippen LogP contribution in [-0.4, -0.2) is 30.7 Å². The maximum Gasteiger partial charge on any atom is 0.261 e. The molecule has 2 aromatic rings. The van der Waals surface area contributed by atoms with Gasteiger partial charge in [0.1, 0.15) is 11.9 Å². The minimum Gasteiger partial charge on any atom is -0.497 e. The molecule has 26 heavy (non-hydrogen) atoms. The molecule has 132 valence electrons. The monoisotopic (exact) mass is 351 g/mol. The minimum absolute atomic E-state index is 0.0861. The Morgan fingerprint density at radius 3 is 2.73 bits per heavy atom. The van der Waals surface area contributed by atoms with Crippen molar-refractivity contribution in [3.63, 3.8) is 0 Å². The molecular formula is C20H17NO5. The van der Waals surface area contributed by atoms with E-state index in [2.05, 4.69) is 5.32 Å². The first kappa shape index (κ1) is 16.5. The number of rotatable bonds is 4. The first-order valence-corrected chi connectivity index (χ1v) is 8.32. The lowest BCUT2D eigenvalue weighted by molar-refractivity contribution is -0.140. The molecule has 2 aliphatic rings. The molecule has 1 saturated heterocycles. The quantitative estimate of drug-likeness (QED) is 0.856. The number of nitrogens with one attached hydrogen (secondary N) is 1. The molecule has 0 bridgehead atoms. The molecule has 6 nitrogen and oxygen atoms in total. The van der Waals surface area contributed by atoms with Gasteiger partial charge in [0.05, 0.1) is 13.5 Å². The summed E-state index contributed by atoms with van der Waals surface area (Å²) >= 11 is 0. The number of ketones is 2. The first-order chi connectivity index (χ1) is 12.5. The van der Waals surface area contributed by atoms with Crippen molar-refractivity contribution in [2.75, 3.05) is 12.4 Å². The number of carbonyl (C=O) groups is 3. The lowest BCUT2D eigenvalue weighted by atomic mass is 9.91.